The monoisotopic (exact) mass is 683 g/mol. The molecule has 0 radical (unpaired) electrons. The van der Waals surface area contributed by atoms with E-state index < -0.39 is 40.2 Å². The summed E-state index contributed by atoms with van der Waals surface area (Å²) >= 11 is 13.1. The summed E-state index contributed by atoms with van der Waals surface area (Å²) in [6.07, 6.45) is 0.755. The molecule has 0 saturated heterocycles. The van der Waals surface area contributed by atoms with Crippen molar-refractivity contribution in [3.63, 3.8) is 0 Å². The van der Waals surface area contributed by atoms with Gasteiger partial charge in [0.05, 0.1) is 10.6 Å². The second-order valence-corrected chi connectivity index (χ2v) is 13.7. The number of hydrogen-bond donors (Lipinski definition) is 1. The number of sulfonamides is 1. The fraction of sp³-hybridized carbons (Fsp3) is 0.257. The molecule has 0 aliphatic heterocycles. The molecule has 11 heteroatoms. The number of amides is 2. The van der Waals surface area contributed by atoms with Crippen molar-refractivity contribution >= 4 is 50.7 Å². The number of nitrogens with zero attached hydrogens (tertiary/aromatic N) is 2. The highest BCUT2D eigenvalue weighted by molar-refractivity contribution is 7.92. The lowest BCUT2D eigenvalue weighted by atomic mass is 10.0. The van der Waals surface area contributed by atoms with Crippen LogP contribution in [0.15, 0.2) is 102 Å². The lowest BCUT2D eigenvalue weighted by molar-refractivity contribution is -0.140. The van der Waals surface area contributed by atoms with Crippen molar-refractivity contribution in [1.82, 2.24) is 10.2 Å². The molecule has 242 valence electrons. The average Bonchev–Trinajstić information content (AvgIpc) is 3.03. The van der Waals surface area contributed by atoms with Gasteiger partial charge in [0.2, 0.25) is 11.8 Å². The number of carbonyl (C=O) groups excluding carboxylic acids is 2. The quantitative estimate of drug-likeness (QED) is 0.162. The van der Waals surface area contributed by atoms with Gasteiger partial charge >= 0.3 is 0 Å². The number of anilines is 1. The number of benzene rings is 4. The third kappa shape index (κ3) is 8.46. The summed E-state index contributed by atoms with van der Waals surface area (Å²) in [6.45, 7) is 4.57. The van der Waals surface area contributed by atoms with Gasteiger partial charge in [-0.15, -0.1) is 0 Å². The summed E-state index contributed by atoms with van der Waals surface area (Å²) in [5.74, 6) is -2.02. The Morgan fingerprint density at radius 3 is 2.09 bits per heavy atom. The minimum absolute atomic E-state index is 0.112. The second-order valence-electron chi connectivity index (χ2n) is 11.0. The van der Waals surface area contributed by atoms with E-state index in [-0.39, 0.29) is 39.6 Å². The van der Waals surface area contributed by atoms with Crippen LogP contribution < -0.4 is 9.62 Å². The molecule has 0 aromatic heterocycles. The number of nitrogens with one attached hydrogen (secondary N) is 1. The van der Waals surface area contributed by atoms with Crippen molar-refractivity contribution in [3.05, 3.63) is 130 Å². The van der Waals surface area contributed by atoms with Crippen molar-refractivity contribution < 1.29 is 22.4 Å². The van der Waals surface area contributed by atoms with Crippen molar-refractivity contribution in [3.8, 4) is 0 Å². The first-order valence-corrected chi connectivity index (χ1v) is 17.0. The van der Waals surface area contributed by atoms with Gasteiger partial charge in [-0.2, -0.15) is 0 Å². The van der Waals surface area contributed by atoms with Gasteiger partial charge < -0.3 is 10.2 Å². The van der Waals surface area contributed by atoms with Crippen LogP contribution in [-0.4, -0.2) is 43.8 Å². The molecule has 0 unspecified atom stereocenters. The molecule has 2 atom stereocenters. The molecule has 7 nitrogen and oxygen atoms in total. The smallest absolute Gasteiger partial charge is 0.264 e. The Morgan fingerprint density at radius 1 is 0.870 bits per heavy atom. The van der Waals surface area contributed by atoms with E-state index in [0.29, 0.717) is 12.0 Å². The van der Waals surface area contributed by atoms with E-state index in [4.69, 9.17) is 23.2 Å². The summed E-state index contributed by atoms with van der Waals surface area (Å²) in [5.41, 5.74) is 1.67. The Labute approximate surface area is 280 Å². The van der Waals surface area contributed by atoms with Gasteiger partial charge in [-0.05, 0) is 62.2 Å². The predicted molar refractivity (Wildman–Crippen MR) is 181 cm³/mol. The molecular formula is C35H36Cl2FN3O4S. The maximum Gasteiger partial charge on any atom is 0.264 e. The molecule has 0 fully saturated rings. The second kappa shape index (κ2) is 15.6. The first kappa shape index (κ1) is 34.9. The topological polar surface area (TPSA) is 86.8 Å². The van der Waals surface area contributed by atoms with E-state index in [1.54, 1.807) is 30.3 Å². The molecule has 46 heavy (non-hydrogen) atoms. The van der Waals surface area contributed by atoms with E-state index in [2.05, 4.69) is 5.32 Å². The zero-order chi connectivity index (χ0) is 33.4. The molecule has 4 rings (SSSR count). The number of carbonyl (C=O) groups is 2. The molecule has 4 aromatic carbocycles. The van der Waals surface area contributed by atoms with E-state index in [1.807, 2.05) is 51.1 Å². The first-order chi connectivity index (χ1) is 21.9. The van der Waals surface area contributed by atoms with Gasteiger partial charge in [0.25, 0.3) is 10.0 Å². The number of hydrogen-bond acceptors (Lipinski definition) is 4. The molecular weight excluding hydrogens is 648 g/mol. The Morgan fingerprint density at radius 2 is 1.48 bits per heavy atom. The van der Waals surface area contributed by atoms with Crippen LogP contribution in [0.4, 0.5) is 10.1 Å². The van der Waals surface area contributed by atoms with Gasteiger partial charge in [-0.1, -0.05) is 96.4 Å². The normalized spacial score (nSPS) is 12.7. The Hall–Kier alpha value is -3.92. The number of para-hydroxylation sites is 1. The van der Waals surface area contributed by atoms with Crippen LogP contribution in [0, 0.1) is 12.7 Å². The molecule has 4 aromatic rings. The van der Waals surface area contributed by atoms with Crippen LogP contribution in [-0.2, 0) is 32.6 Å². The maximum atomic E-state index is 15.3. The number of halogens is 3. The van der Waals surface area contributed by atoms with Crippen molar-refractivity contribution in [1.29, 1.82) is 0 Å². The SMILES string of the molecule is CC[C@H](C)NC(=O)[C@H](Cc1ccccc1)N(Cc1c(Cl)cccc1Cl)C(=O)CN(c1ccccc1F)S(=O)(=O)c1ccc(C)cc1. The summed E-state index contributed by atoms with van der Waals surface area (Å²) in [5, 5.41) is 3.50. The zero-order valence-corrected chi connectivity index (χ0v) is 28.1. The van der Waals surface area contributed by atoms with Crippen molar-refractivity contribution in [2.75, 3.05) is 10.8 Å². The average molecular weight is 685 g/mol. The number of aryl methyl sites for hydroxylation is 1. The lowest BCUT2D eigenvalue weighted by Crippen LogP contribution is -2.54. The highest BCUT2D eigenvalue weighted by Crippen LogP contribution is 2.30. The van der Waals surface area contributed by atoms with Crippen LogP contribution in [0.2, 0.25) is 10.0 Å². The van der Waals surface area contributed by atoms with Crippen LogP contribution in [0.1, 0.15) is 37.0 Å². The maximum absolute atomic E-state index is 15.3. The van der Waals surface area contributed by atoms with Crippen LogP contribution in [0.25, 0.3) is 0 Å². The lowest BCUT2D eigenvalue weighted by Gasteiger charge is -2.34. The fourth-order valence-electron chi connectivity index (χ4n) is 4.85. The van der Waals surface area contributed by atoms with Gasteiger partial charge in [0.15, 0.2) is 0 Å². The largest absolute Gasteiger partial charge is 0.352 e. The van der Waals surface area contributed by atoms with Crippen LogP contribution >= 0.6 is 23.2 Å². The first-order valence-electron chi connectivity index (χ1n) is 14.8. The highest BCUT2D eigenvalue weighted by Gasteiger charge is 2.36. The predicted octanol–water partition coefficient (Wildman–Crippen LogP) is 7.19. The summed E-state index contributed by atoms with van der Waals surface area (Å²) in [6, 6.07) is 24.1. The van der Waals surface area contributed by atoms with E-state index >= 15 is 4.39 Å². The number of rotatable bonds is 13. The highest BCUT2D eigenvalue weighted by atomic mass is 35.5. The van der Waals surface area contributed by atoms with Gasteiger partial charge in [0.1, 0.15) is 18.4 Å². The standard InChI is InChI=1S/C35H36Cl2FN3O4S/c1-4-25(3)39-35(43)33(21-26-11-6-5-7-12-26)40(22-28-29(36)13-10-14-30(28)37)34(42)23-41(32-16-9-8-15-31(32)38)46(44,45)27-19-17-24(2)18-20-27/h5-20,25,33H,4,21-23H2,1-3H3,(H,39,43)/t25-,33-/m0/s1. The molecule has 0 heterocycles. The Balaban J connectivity index is 1.85. The molecule has 0 aliphatic rings. The van der Waals surface area contributed by atoms with Gasteiger partial charge in [0, 0.05) is 34.6 Å². The minimum atomic E-state index is -4.45. The van der Waals surface area contributed by atoms with E-state index in [0.717, 1.165) is 21.5 Å². The Kier molecular flexibility index (Phi) is 11.8. The third-order valence-corrected chi connectivity index (χ3v) is 10.2. The fourth-order valence-corrected chi connectivity index (χ4v) is 6.79. The third-order valence-electron chi connectivity index (χ3n) is 7.67. The molecule has 2 amide bonds. The summed E-state index contributed by atoms with van der Waals surface area (Å²) < 4.78 is 44.2. The van der Waals surface area contributed by atoms with Crippen LogP contribution in [0.5, 0.6) is 0 Å². The van der Waals surface area contributed by atoms with E-state index in [1.165, 1.54) is 35.2 Å². The van der Waals surface area contributed by atoms with Crippen molar-refractivity contribution in [2.24, 2.45) is 0 Å². The summed E-state index contributed by atoms with van der Waals surface area (Å²) in [7, 11) is -4.45. The molecule has 0 spiro atoms. The van der Waals surface area contributed by atoms with Crippen LogP contribution in [0.3, 0.4) is 0 Å². The summed E-state index contributed by atoms with van der Waals surface area (Å²) in [4.78, 5) is 29.6. The van der Waals surface area contributed by atoms with Crippen molar-refractivity contribution in [2.45, 2.75) is 57.1 Å². The molecule has 1 N–H and O–H groups in total. The molecule has 0 bridgehead atoms. The minimum Gasteiger partial charge on any atom is -0.352 e. The molecule has 0 aliphatic carbocycles. The zero-order valence-electron chi connectivity index (χ0n) is 25.8. The van der Waals surface area contributed by atoms with Gasteiger partial charge in [-0.25, -0.2) is 12.8 Å². The Bertz CT molecular complexity index is 1750. The molecule has 0 saturated carbocycles. The van der Waals surface area contributed by atoms with Gasteiger partial charge in [-0.3, -0.25) is 13.9 Å². The van der Waals surface area contributed by atoms with E-state index in [9.17, 15) is 18.0 Å².